The number of carboxylic acid groups (broad SMARTS) is 2. The van der Waals surface area contributed by atoms with E-state index in [9.17, 15) is 29.1 Å². The summed E-state index contributed by atoms with van der Waals surface area (Å²) in [6, 6.07) is -4.50. The minimum Gasteiger partial charge on any atom is -0.481 e. The molecule has 14 heteroatoms. The maximum Gasteiger partial charge on any atom is 0.326 e. The van der Waals surface area contributed by atoms with Gasteiger partial charge in [-0.3, -0.25) is 19.2 Å². The van der Waals surface area contributed by atoms with Gasteiger partial charge in [-0.25, -0.2) is 4.79 Å². The van der Waals surface area contributed by atoms with E-state index in [2.05, 4.69) is 16.0 Å². The third kappa shape index (κ3) is 13.6. The van der Waals surface area contributed by atoms with Gasteiger partial charge in [0.15, 0.2) is 0 Å². The monoisotopic (exact) mass is 523 g/mol. The second-order valence-corrected chi connectivity index (χ2v) is 9.54. The Morgan fingerprint density at radius 1 is 0.765 bits per heavy atom. The Hall–Kier alpha value is -2.03. The van der Waals surface area contributed by atoms with Crippen molar-refractivity contribution in [3.63, 3.8) is 0 Å². The average molecular weight is 524 g/mol. The van der Waals surface area contributed by atoms with Crippen LogP contribution < -0.4 is 27.4 Å². The van der Waals surface area contributed by atoms with Gasteiger partial charge in [-0.2, -0.15) is 23.5 Å². The van der Waals surface area contributed by atoms with Gasteiger partial charge < -0.3 is 37.6 Å². The number of carbonyl (C=O) groups excluding carboxylic acids is 3. The Labute approximate surface area is 208 Å². The van der Waals surface area contributed by atoms with Crippen molar-refractivity contribution >= 4 is 53.2 Å². The lowest BCUT2D eigenvalue weighted by Crippen LogP contribution is -2.57. The number of hydrogen-bond acceptors (Lipinski definition) is 9. The summed E-state index contributed by atoms with van der Waals surface area (Å²) in [6.45, 7) is 0.488. The lowest BCUT2D eigenvalue weighted by molar-refractivity contribution is -0.147. The molecule has 34 heavy (non-hydrogen) atoms. The van der Waals surface area contributed by atoms with Crippen molar-refractivity contribution in [1.82, 2.24) is 16.0 Å². The highest BCUT2D eigenvalue weighted by Gasteiger charge is 2.30. The number of amides is 3. The molecule has 0 fully saturated rings. The molecule has 0 aliphatic rings. The number of rotatable bonds is 19. The summed E-state index contributed by atoms with van der Waals surface area (Å²) < 4.78 is 0. The lowest BCUT2D eigenvalue weighted by Gasteiger charge is -2.25. The molecule has 0 radical (unpaired) electrons. The quantitative estimate of drug-likeness (QED) is 0.102. The molecule has 196 valence electrons. The van der Waals surface area contributed by atoms with Gasteiger partial charge >= 0.3 is 11.9 Å². The largest absolute Gasteiger partial charge is 0.481 e. The van der Waals surface area contributed by atoms with Gasteiger partial charge in [-0.1, -0.05) is 6.42 Å². The van der Waals surface area contributed by atoms with Gasteiger partial charge in [0.25, 0.3) is 0 Å². The van der Waals surface area contributed by atoms with Crippen molar-refractivity contribution in [3.05, 3.63) is 0 Å². The van der Waals surface area contributed by atoms with Gasteiger partial charge in [0.05, 0.1) is 12.5 Å². The summed E-state index contributed by atoms with van der Waals surface area (Å²) >= 11 is 2.89. The summed E-state index contributed by atoms with van der Waals surface area (Å²) in [5, 5.41) is 25.4. The molecule has 0 aliphatic heterocycles. The number of carbonyl (C=O) groups is 5. The Bertz CT molecular complexity index is 684. The molecule has 9 N–H and O–H groups in total. The zero-order valence-corrected chi connectivity index (χ0v) is 21.2. The van der Waals surface area contributed by atoms with E-state index in [1.807, 2.05) is 6.26 Å². The first-order chi connectivity index (χ1) is 16.1. The zero-order valence-electron chi connectivity index (χ0n) is 19.6. The maximum atomic E-state index is 13.0. The fourth-order valence-corrected chi connectivity index (χ4v) is 3.79. The Balaban J connectivity index is 5.36. The molecule has 3 amide bonds. The molecule has 12 nitrogen and oxygen atoms in total. The fraction of sp³-hybridized carbons (Fsp3) is 0.750. The summed E-state index contributed by atoms with van der Waals surface area (Å²) in [5.74, 6) is -3.77. The van der Waals surface area contributed by atoms with Crippen LogP contribution in [0.25, 0.3) is 0 Å². The molecule has 0 aliphatic carbocycles. The van der Waals surface area contributed by atoms with Crippen molar-refractivity contribution in [1.29, 1.82) is 0 Å². The minimum absolute atomic E-state index is 0.181. The number of unbranched alkanes of at least 4 members (excludes halogenated alkanes) is 1. The van der Waals surface area contributed by atoms with E-state index in [0.29, 0.717) is 37.3 Å². The highest BCUT2D eigenvalue weighted by molar-refractivity contribution is 7.98. The summed E-state index contributed by atoms with van der Waals surface area (Å²) in [5.41, 5.74) is 11.4. The first-order valence-corrected chi connectivity index (χ1v) is 13.6. The molecule has 0 aromatic rings. The van der Waals surface area contributed by atoms with Gasteiger partial charge in [0, 0.05) is 0 Å². The third-order valence-corrected chi connectivity index (χ3v) is 6.07. The Morgan fingerprint density at radius 3 is 1.65 bits per heavy atom. The first kappa shape index (κ1) is 32.0. The van der Waals surface area contributed by atoms with Crippen LogP contribution in [0.5, 0.6) is 0 Å². The number of nitrogens with two attached hydrogens (primary N) is 2. The van der Waals surface area contributed by atoms with Crippen LogP contribution in [0.1, 0.15) is 38.5 Å². The van der Waals surface area contributed by atoms with Crippen LogP contribution in [0.15, 0.2) is 0 Å². The lowest BCUT2D eigenvalue weighted by atomic mass is 10.1. The van der Waals surface area contributed by atoms with E-state index in [0.717, 1.165) is 6.42 Å². The van der Waals surface area contributed by atoms with Gasteiger partial charge in [0.2, 0.25) is 17.7 Å². The number of aliphatic carboxylic acids is 2. The number of nitrogens with one attached hydrogen (secondary N) is 3. The number of thioether (sulfide) groups is 2. The maximum absolute atomic E-state index is 13.0. The van der Waals surface area contributed by atoms with E-state index in [1.54, 1.807) is 6.26 Å². The summed E-state index contributed by atoms with van der Waals surface area (Å²) in [7, 11) is 0. The molecular weight excluding hydrogens is 486 g/mol. The average Bonchev–Trinajstić information content (AvgIpc) is 2.78. The van der Waals surface area contributed by atoms with E-state index >= 15 is 0 Å². The van der Waals surface area contributed by atoms with E-state index in [4.69, 9.17) is 16.6 Å². The van der Waals surface area contributed by atoms with Crippen LogP contribution in [-0.2, 0) is 24.0 Å². The molecule has 0 bridgehead atoms. The van der Waals surface area contributed by atoms with Crippen LogP contribution in [0.2, 0.25) is 0 Å². The van der Waals surface area contributed by atoms with Crippen LogP contribution in [0.3, 0.4) is 0 Å². The van der Waals surface area contributed by atoms with Crippen LogP contribution in [0, 0.1) is 0 Å². The SMILES string of the molecule is CSCCC(NC(=O)C(N)CCCCN)C(=O)NC(CCSC)C(=O)NC(CC(=O)O)C(=O)O. The minimum atomic E-state index is -1.64. The molecule has 0 heterocycles. The van der Waals surface area contributed by atoms with E-state index < -0.39 is 60.2 Å². The predicted octanol–water partition coefficient (Wildman–Crippen LogP) is -1.04. The number of carboxylic acids is 2. The molecule has 0 rings (SSSR count). The van der Waals surface area contributed by atoms with Crippen molar-refractivity contribution in [2.24, 2.45) is 11.5 Å². The second kappa shape index (κ2) is 18.3. The highest BCUT2D eigenvalue weighted by Crippen LogP contribution is 2.07. The predicted molar refractivity (Wildman–Crippen MR) is 133 cm³/mol. The van der Waals surface area contributed by atoms with Crippen molar-refractivity contribution in [2.45, 2.75) is 62.7 Å². The van der Waals surface area contributed by atoms with Crippen LogP contribution >= 0.6 is 23.5 Å². The Morgan fingerprint density at radius 2 is 1.24 bits per heavy atom. The molecule has 0 saturated carbocycles. The summed E-state index contributed by atoms with van der Waals surface area (Å²) in [6.07, 6.45) is 5.13. The second-order valence-electron chi connectivity index (χ2n) is 7.57. The fourth-order valence-electron chi connectivity index (χ4n) is 2.85. The molecule has 0 aromatic heterocycles. The van der Waals surface area contributed by atoms with Crippen LogP contribution in [0.4, 0.5) is 0 Å². The van der Waals surface area contributed by atoms with Gasteiger partial charge in [-0.15, -0.1) is 0 Å². The third-order valence-electron chi connectivity index (χ3n) is 4.79. The van der Waals surface area contributed by atoms with Crippen LogP contribution in [-0.4, -0.2) is 94.6 Å². The first-order valence-electron chi connectivity index (χ1n) is 10.9. The van der Waals surface area contributed by atoms with E-state index in [1.165, 1.54) is 23.5 Å². The molecule has 4 unspecified atom stereocenters. The topological polar surface area (TPSA) is 214 Å². The molecule has 0 saturated heterocycles. The smallest absolute Gasteiger partial charge is 0.326 e. The molecular formula is C20H37N5O7S2. The summed E-state index contributed by atoms with van der Waals surface area (Å²) in [4.78, 5) is 60.3. The highest BCUT2D eigenvalue weighted by atomic mass is 32.2. The van der Waals surface area contributed by atoms with Gasteiger partial charge in [-0.05, 0) is 56.2 Å². The zero-order chi connectivity index (χ0) is 26.1. The normalized spacial score (nSPS) is 14.4. The Kier molecular flexibility index (Phi) is 17.2. The molecule has 0 spiro atoms. The number of hydrogen-bond donors (Lipinski definition) is 7. The molecule has 4 atom stereocenters. The van der Waals surface area contributed by atoms with Crippen molar-refractivity contribution < 1.29 is 34.2 Å². The molecule has 0 aromatic carbocycles. The standard InChI is InChI=1S/C20H37N5O7S2/c1-33-9-6-13(23-17(28)12(22)5-3-4-8-21)18(29)24-14(7-10-34-2)19(30)25-15(20(31)32)11-16(26)27/h12-15H,3-11,21-22H2,1-2H3,(H,23,28)(H,24,29)(H,25,30)(H,26,27)(H,31,32). The van der Waals surface area contributed by atoms with Crippen molar-refractivity contribution in [3.8, 4) is 0 Å². The van der Waals surface area contributed by atoms with Gasteiger partial charge in [0.1, 0.15) is 18.1 Å². The van der Waals surface area contributed by atoms with Crippen molar-refractivity contribution in [2.75, 3.05) is 30.6 Å². The van der Waals surface area contributed by atoms with E-state index in [-0.39, 0.29) is 6.42 Å².